The minimum absolute atomic E-state index is 0.380. The van der Waals surface area contributed by atoms with Gasteiger partial charge >= 0.3 is 0 Å². The summed E-state index contributed by atoms with van der Waals surface area (Å²) in [6, 6.07) is 9.75. The third-order valence-electron chi connectivity index (χ3n) is 2.84. The number of pyridine rings is 1. The molecule has 3 nitrogen and oxygen atoms in total. The molecule has 0 amide bonds. The highest BCUT2D eigenvalue weighted by Crippen LogP contribution is 2.32. The lowest BCUT2D eigenvalue weighted by atomic mass is 10.0. The largest absolute Gasteiger partial charge is 0.439 e. The van der Waals surface area contributed by atoms with Crippen LogP contribution in [0.4, 0.5) is 0 Å². The highest BCUT2D eigenvalue weighted by atomic mass is 79.9. The Morgan fingerprint density at radius 3 is 2.74 bits per heavy atom. The van der Waals surface area contributed by atoms with Gasteiger partial charge in [0.15, 0.2) is 0 Å². The Bertz CT molecular complexity index is 570. The highest BCUT2D eigenvalue weighted by molar-refractivity contribution is 9.10. The number of benzene rings is 1. The second-order valence-corrected chi connectivity index (χ2v) is 5.56. The molecule has 4 heteroatoms. The summed E-state index contributed by atoms with van der Waals surface area (Å²) in [5.74, 6) is 1.79. The predicted molar refractivity (Wildman–Crippen MR) is 80.4 cm³/mol. The van der Waals surface area contributed by atoms with E-state index in [1.54, 1.807) is 6.20 Å². The van der Waals surface area contributed by atoms with Crippen molar-refractivity contribution >= 4 is 15.9 Å². The Morgan fingerprint density at radius 1 is 1.26 bits per heavy atom. The van der Waals surface area contributed by atoms with E-state index in [1.807, 2.05) is 24.3 Å². The third kappa shape index (κ3) is 3.55. The van der Waals surface area contributed by atoms with E-state index < -0.39 is 0 Å². The predicted octanol–water partition coefficient (Wildman–Crippen LogP) is 4.22. The molecule has 0 spiro atoms. The van der Waals surface area contributed by atoms with Crippen molar-refractivity contribution in [2.24, 2.45) is 5.73 Å². The number of nitrogens with zero attached hydrogens (tertiary/aromatic N) is 1. The lowest BCUT2D eigenvalue weighted by molar-refractivity contribution is 0.453. The maximum absolute atomic E-state index is 5.88. The van der Waals surface area contributed by atoms with Gasteiger partial charge in [-0.15, -0.1) is 0 Å². The van der Waals surface area contributed by atoms with Crippen LogP contribution in [0.15, 0.2) is 41.0 Å². The van der Waals surface area contributed by atoms with Gasteiger partial charge in [0.1, 0.15) is 5.75 Å². The summed E-state index contributed by atoms with van der Waals surface area (Å²) in [6.07, 6.45) is 1.71. The smallest absolute Gasteiger partial charge is 0.219 e. The maximum atomic E-state index is 5.88. The molecule has 0 aliphatic rings. The minimum atomic E-state index is 0.380. The van der Waals surface area contributed by atoms with Gasteiger partial charge in [0.2, 0.25) is 5.88 Å². The molecule has 1 heterocycles. The number of rotatable bonds is 4. The molecule has 2 N–H and O–H groups in total. The summed E-state index contributed by atoms with van der Waals surface area (Å²) in [5, 5.41) is 0. The third-order valence-corrected chi connectivity index (χ3v) is 3.34. The quantitative estimate of drug-likeness (QED) is 0.917. The minimum Gasteiger partial charge on any atom is -0.439 e. The van der Waals surface area contributed by atoms with Crippen molar-refractivity contribution in [1.29, 1.82) is 0 Å². The fourth-order valence-electron chi connectivity index (χ4n) is 1.81. The lowest BCUT2D eigenvalue weighted by Crippen LogP contribution is -1.99. The molecule has 19 heavy (non-hydrogen) atoms. The van der Waals surface area contributed by atoms with Crippen molar-refractivity contribution in [1.82, 2.24) is 4.98 Å². The van der Waals surface area contributed by atoms with Crippen LogP contribution in [0.3, 0.4) is 0 Å². The molecule has 0 aliphatic heterocycles. The van der Waals surface area contributed by atoms with Crippen molar-refractivity contribution in [3.05, 3.63) is 52.1 Å². The average molecular weight is 321 g/mol. The van der Waals surface area contributed by atoms with Gasteiger partial charge in [-0.2, -0.15) is 0 Å². The first-order valence-electron chi connectivity index (χ1n) is 6.22. The number of nitrogens with two attached hydrogens (primary N) is 1. The fourth-order valence-corrected chi connectivity index (χ4v) is 2.19. The van der Waals surface area contributed by atoms with Gasteiger partial charge < -0.3 is 10.5 Å². The summed E-state index contributed by atoms with van der Waals surface area (Å²) >= 11 is 3.49. The molecule has 0 atom stereocenters. The van der Waals surface area contributed by atoms with Crippen LogP contribution in [0, 0.1) is 0 Å². The topological polar surface area (TPSA) is 48.1 Å². The lowest BCUT2D eigenvalue weighted by Gasteiger charge is -2.14. The first-order chi connectivity index (χ1) is 9.10. The zero-order chi connectivity index (χ0) is 13.8. The normalized spacial score (nSPS) is 10.8. The molecule has 0 saturated carbocycles. The molecule has 0 saturated heterocycles. The number of hydrogen-bond acceptors (Lipinski definition) is 3. The first kappa shape index (κ1) is 14.0. The van der Waals surface area contributed by atoms with Crippen molar-refractivity contribution in [2.75, 3.05) is 0 Å². The molecule has 0 radical (unpaired) electrons. The van der Waals surface area contributed by atoms with Crippen LogP contribution in [0.1, 0.15) is 30.9 Å². The van der Waals surface area contributed by atoms with E-state index in [0.717, 1.165) is 21.3 Å². The Morgan fingerprint density at radius 2 is 2.05 bits per heavy atom. The highest BCUT2D eigenvalue weighted by Gasteiger charge is 2.10. The van der Waals surface area contributed by atoms with Gasteiger partial charge in [0.05, 0.1) is 0 Å². The molecule has 0 fully saturated rings. The van der Waals surface area contributed by atoms with E-state index in [0.29, 0.717) is 18.3 Å². The monoisotopic (exact) mass is 320 g/mol. The zero-order valence-corrected chi connectivity index (χ0v) is 12.6. The molecule has 0 unspecified atom stereocenters. The van der Waals surface area contributed by atoms with Gasteiger partial charge in [-0.05, 0) is 41.3 Å². The average Bonchev–Trinajstić information content (AvgIpc) is 2.41. The molecule has 2 rings (SSSR count). The van der Waals surface area contributed by atoms with Crippen molar-refractivity contribution < 1.29 is 4.74 Å². The van der Waals surface area contributed by atoms with E-state index in [4.69, 9.17) is 10.5 Å². The summed E-state index contributed by atoms with van der Waals surface area (Å²) in [6.45, 7) is 4.76. The molecule has 1 aromatic carbocycles. The molecule has 2 aromatic rings. The standard InChI is InChI=1S/C15H17BrN2O/c1-10(2)13-8-12(16)3-4-14(13)19-15-7-11(9-17)5-6-18-15/h3-8,10H,9,17H2,1-2H3. The van der Waals surface area contributed by atoms with Crippen LogP contribution in [-0.4, -0.2) is 4.98 Å². The molecular weight excluding hydrogens is 304 g/mol. The van der Waals surface area contributed by atoms with Crippen LogP contribution in [0.25, 0.3) is 0 Å². The van der Waals surface area contributed by atoms with Crippen molar-refractivity contribution in [3.8, 4) is 11.6 Å². The zero-order valence-electron chi connectivity index (χ0n) is 11.1. The van der Waals surface area contributed by atoms with Gasteiger partial charge in [-0.3, -0.25) is 0 Å². The van der Waals surface area contributed by atoms with E-state index in [1.165, 1.54) is 0 Å². The van der Waals surface area contributed by atoms with Gasteiger partial charge in [0, 0.05) is 23.3 Å². The van der Waals surface area contributed by atoms with Crippen LogP contribution < -0.4 is 10.5 Å². The Kier molecular flexibility index (Phi) is 4.56. The van der Waals surface area contributed by atoms with Crippen molar-refractivity contribution in [3.63, 3.8) is 0 Å². The van der Waals surface area contributed by atoms with E-state index >= 15 is 0 Å². The van der Waals surface area contributed by atoms with Gasteiger partial charge in [0.25, 0.3) is 0 Å². The van der Waals surface area contributed by atoms with Crippen molar-refractivity contribution in [2.45, 2.75) is 26.3 Å². The Labute approximate surface area is 121 Å². The second-order valence-electron chi connectivity index (χ2n) is 4.65. The van der Waals surface area contributed by atoms with E-state index in [2.05, 4.69) is 40.8 Å². The van der Waals surface area contributed by atoms with Crippen LogP contribution >= 0.6 is 15.9 Å². The molecule has 100 valence electrons. The summed E-state index contributed by atoms with van der Waals surface area (Å²) in [4.78, 5) is 4.22. The molecule has 0 aliphatic carbocycles. The number of halogens is 1. The van der Waals surface area contributed by atoms with E-state index in [9.17, 15) is 0 Å². The second kappa shape index (κ2) is 6.17. The summed E-state index contributed by atoms with van der Waals surface area (Å²) in [5.41, 5.74) is 7.78. The Balaban J connectivity index is 2.32. The van der Waals surface area contributed by atoms with Crippen LogP contribution in [0.5, 0.6) is 11.6 Å². The van der Waals surface area contributed by atoms with E-state index in [-0.39, 0.29) is 0 Å². The van der Waals surface area contributed by atoms with Crippen LogP contribution in [-0.2, 0) is 6.54 Å². The number of ether oxygens (including phenoxy) is 1. The summed E-state index contributed by atoms with van der Waals surface area (Å²) < 4.78 is 6.93. The first-order valence-corrected chi connectivity index (χ1v) is 7.01. The van der Waals surface area contributed by atoms with Crippen LogP contribution in [0.2, 0.25) is 0 Å². The molecule has 0 bridgehead atoms. The SMILES string of the molecule is CC(C)c1cc(Br)ccc1Oc1cc(CN)ccn1. The number of hydrogen-bond donors (Lipinski definition) is 1. The number of aromatic nitrogens is 1. The fraction of sp³-hybridized carbons (Fsp3) is 0.267. The maximum Gasteiger partial charge on any atom is 0.219 e. The summed E-state index contributed by atoms with van der Waals surface area (Å²) in [7, 11) is 0. The molecule has 1 aromatic heterocycles. The molecular formula is C15H17BrN2O. The van der Waals surface area contributed by atoms with Gasteiger partial charge in [-0.1, -0.05) is 29.8 Å². The Hall–Kier alpha value is -1.39. The van der Waals surface area contributed by atoms with Gasteiger partial charge in [-0.25, -0.2) is 4.98 Å².